The van der Waals surface area contributed by atoms with E-state index < -0.39 is 0 Å². The molecule has 2 nitrogen and oxygen atoms in total. The van der Waals surface area contributed by atoms with Crippen LogP contribution in [-0.4, -0.2) is 5.91 Å². The van der Waals surface area contributed by atoms with E-state index in [1.165, 1.54) is 16.7 Å². The lowest BCUT2D eigenvalue weighted by atomic mass is 10.00. The molecule has 0 aliphatic carbocycles. The molecule has 2 aromatic rings. The summed E-state index contributed by atoms with van der Waals surface area (Å²) in [4.78, 5) is 12.1. The summed E-state index contributed by atoms with van der Waals surface area (Å²) in [7, 11) is 0. The highest BCUT2D eigenvalue weighted by Crippen LogP contribution is 2.19. The first kappa shape index (κ1) is 16.6. The molecule has 2 rings (SSSR count). The monoisotopic (exact) mass is 315 g/mol. The molecule has 1 atom stereocenters. The average molecular weight is 316 g/mol. The number of carbonyl (C=O) groups is 1. The van der Waals surface area contributed by atoms with Crippen LogP contribution in [0, 0.1) is 13.8 Å². The molecule has 1 unspecified atom stereocenters. The van der Waals surface area contributed by atoms with Gasteiger partial charge >= 0.3 is 0 Å². The largest absolute Gasteiger partial charge is 0.350 e. The summed E-state index contributed by atoms with van der Waals surface area (Å²) < 4.78 is 0. The number of aryl methyl sites for hydroxylation is 3. The number of rotatable bonds is 5. The summed E-state index contributed by atoms with van der Waals surface area (Å²) in [5.74, 6) is 0.0717. The Morgan fingerprint density at radius 3 is 2.45 bits per heavy atom. The zero-order valence-electron chi connectivity index (χ0n) is 13.3. The van der Waals surface area contributed by atoms with Crippen LogP contribution >= 0.6 is 11.6 Å². The van der Waals surface area contributed by atoms with Crippen LogP contribution < -0.4 is 5.32 Å². The second-order valence-corrected chi connectivity index (χ2v) is 6.21. The Morgan fingerprint density at radius 2 is 1.82 bits per heavy atom. The van der Waals surface area contributed by atoms with E-state index in [4.69, 9.17) is 11.6 Å². The molecule has 0 aliphatic rings. The van der Waals surface area contributed by atoms with Crippen molar-refractivity contribution in [3.05, 3.63) is 69.7 Å². The van der Waals surface area contributed by atoms with Crippen molar-refractivity contribution in [3.8, 4) is 0 Å². The summed E-state index contributed by atoms with van der Waals surface area (Å²) in [6, 6.07) is 14.0. The first-order valence-corrected chi connectivity index (χ1v) is 7.94. The molecule has 0 saturated heterocycles. The van der Waals surface area contributed by atoms with E-state index >= 15 is 0 Å². The molecule has 116 valence electrons. The van der Waals surface area contributed by atoms with Crippen LogP contribution in [0.2, 0.25) is 5.02 Å². The highest BCUT2D eigenvalue weighted by molar-refractivity contribution is 6.30. The Labute approximate surface area is 137 Å². The zero-order chi connectivity index (χ0) is 16.1. The number of halogens is 1. The number of carbonyl (C=O) groups excluding carboxylic acids is 1. The highest BCUT2D eigenvalue weighted by atomic mass is 35.5. The third-order valence-corrected chi connectivity index (χ3v) is 4.08. The summed E-state index contributed by atoms with van der Waals surface area (Å²) in [5.41, 5.74) is 4.75. The van der Waals surface area contributed by atoms with Crippen LogP contribution in [-0.2, 0) is 11.2 Å². The van der Waals surface area contributed by atoms with Gasteiger partial charge in [0.1, 0.15) is 0 Å². The van der Waals surface area contributed by atoms with Gasteiger partial charge in [-0.3, -0.25) is 4.79 Å². The van der Waals surface area contributed by atoms with Crippen LogP contribution in [0.5, 0.6) is 0 Å². The van der Waals surface area contributed by atoms with E-state index in [1.54, 1.807) is 0 Å². The molecule has 0 saturated carbocycles. The molecule has 3 heteroatoms. The van der Waals surface area contributed by atoms with Crippen molar-refractivity contribution < 1.29 is 4.79 Å². The third kappa shape index (κ3) is 4.60. The molecule has 0 aliphatic heterocycles. The van der Waals surface area contributed by atoms with Crippen molar-refractivity contribution >= 4 is 17.5 Å². The summed E-state index contributed by atoms with van der Waals surface area (Å²) in [5, 5.41) is 3.79. The maximum Gasteiger partial charge on any atom is 0.220 e. The van der Waals surface area contributed by atoms with Crippen LogP contribution in [0.15, 0.2) is 42.5 Å². The first-order chi connectivity index (χ1) is 10.5. The predicted molar refractivity (Wildman–Crippen MR) is 92.2 cm³/mol. The van der Waals surface area contributed by atoms with Crippen molar-refractivity contribution in [3.63, 3.8) is 0 Å². The van der Waals surface area contributed by atoms with Gasteiger partial charge in [-0.2, -0.15) is 0 Å². The van der Waals surface area contributed by atoms with Gasteiger partial charge in [0, 0.05) is 11.4 Å². The molecule has 2 aromatic carbocycles. The number of nitrogens with one attached hydrogen (secondary N) is 1. The lowest BCUT2D eigenvalue weighted by molar-refractivity contribution is -0.121. The highest BCUT2D eigenvalue weighted by Gasteiger charge is 2.11. The van der Waals surface area contributed by atoms with Crippen molar-refractivity contribution in [1.29, 1.82) is 0 Å². The third-order valence-electron chi connectivity index (χ3n) is 3.82. The Kier molecular flexibility index (Phi) is 5.62. The predicted octanol–water partition coefficient (Wildman–Crippen LogP) is 4.77. The van der Waals surface area contributed by atoms with Crippen LogP contribution in [0.4, 0.5) is 0 Å². The fraction of sp³-hybridized carbons (Fsp3) is 0.316. The van der Waals surface area contributed by atoms with Crippen LogP contribution in [0.1, 0.15) is 41.6 Å². The van der Waals surface area contributed by atoms with Gasteiger partial charge in [-0.1, -0.05) is 47.5 Å². The standard InChI is InChI=1S/C19H22ClNO/c1-13-4-10-18(14(2)12-13)15(3)21-19(22)11-7-16-5-8-17(20)9-6-16/h4-6,8-10,12,15H,7,11H2,1-3H3,(H,21,22). The van der Waals surface area contributed by atoms with Crippen LogP contribution in [0.25, 0.3) is 0 Å². The number of amides is 1. The van der Waals surface area contributed by atoms with Crippen molar-refractivity contribution in [1.82, 2.24) is 5.32 Å². The van der Waals surface area contributed by atoms with E-state index in [0.29, 0.717) is 6.42 Å². The quantitative estimate of drug-likeness (QED) is 0.846. The summed E-state index contributed by atoms with van der Waals surface area (Å²) in [6.07, 6.45) is 1.21. The van der Waals surface area contributed by atoms with E-state index in [0.717, 1.165) is 17.0 Å². The molecule has 1 amide bonds. The molecular weight excluding hydrogens is 294 g/mol. The second kappa shape index (κ2) is 7.46. The molecule has 0 radical (unpaired) electrons. The summed E-state index contributed by atoms with van der Waals surface area (Å²) >= 11 is 5.86. The second-order valence-electron chi connectivity index (χ2n) is 5.78. The topological polar surface area (TPSA) is 29.1 Å². The average Bonchev–Trinajstić information content (AvgIpc) is 2.46. The number of hydrogen-bond donors (Lipinski definition) is 1. The van der Waals surface area contributed by atoms with E-state index in [-0.39, 0.29) is 11.9 Å². The van der Waals surface area contributed by atoms with Gasteiger partial charge in [-0.25, -0.2) is 0 Å². The fourth-order valence-electron chi connectivity index (χ4n) is 2.61. The molecule has 0 heterocycles. The van der Waals surface area contributed by atoms with Crippen molar-refractivity contribution in [2.45, 2.75) is 39.7 Å². The van der Waals surface area contributed by atoms with Gasteiger partial charge in [-0.15, -0.1) is 0 Å². The maximum absolute atomic E-state index is 12.1. The lowest BCUT2D eigenvalue weighted by Gasteiger charge is -2.17. The van der Waals surface area contributed by atoms with Gasteiger partial charge in [0.2, 0.25) is 5.91 Å². The van der Waals surface area contributed by atoms with E-state index in [1.807, 2.05) is 31.2 Å². The minimum Gasteiger partial charge on any atom is -0.350 e. The summed E-state index contributed by atoms with van der Waals surface area (Å²) in [6.45, 7) is 6.18. The molecule has 1 N–H and O–H groups in total. The van der Waals surface area contributed by atoms with Crippen LogP contribution in [0.3, 0.4) is 0 Å². The van der Waals surface area contributed by atoms with Gasteiger partial charge < -0.3 is 5.32 Å². The lowest BCUT2D eigenvalue weighted by Crippen LogP contribution is -2.27. The zero-order valence-corrected chi connectivity index (χ0v) is 14.1. The molecule has 0 spiro atoms. The first-order valence-electron chi connectivity index (χ1n) is 7.56. The SMILES string of the molecule is Cc1ccc(C(C)NC(=O)CCc2ccc(Cl)cc2)c(C)c1. The molecule has 22 heavy (non-hydrogen) atoms. The Morgan fingerprint density at radius 1 is 1.14 bits per heavy atom. The molecular formula is C19H22ClNO. The van der Waals surface area contributed by atoms with Gasteiger partial charge in [-0.05, 0) is 56.0 Å². The number of benzene rings is 2. The molecule has 0 aromatic heterocycles. The van der Waals surface area contributed by atoms with Gasteiger partial charge in [0.15, 0.2) is 0 Å². The molecule has 0 fully saturated rings. The Balaban J connectivity index is 1.89. The minimum atomic E-state index is 0.0262. The van der Waals surface area contributed by atoms with E-state index in [9.17, 15) is 4.79 Å². The molecule has 0 bridgehead atoms. The van der Waals surface area contributed by atoms with E-state index in [2.05, 4.69) is 37.4 Å². The Hall–Kier alpha value is -1.80. The Bertz CT molecular complexity index is 649. The van der Waals surface area contributed by atoms with Crippen molar-refractivity contribution in [2.75, 3.05) is 0 Å². The fourth-order valence-corrected chi connectivity index (χ4v) is 2.74. The van der Waals surface area contributed by atoms with Crippen molar-refractivity contribution in [2.24, 2.45) is 0 Å². The van der Waals surface area contributed by atoms with Gasteiger partial charge in [0.25, 0.3) is 0 Å². The maximum atomic E-state index is 12.1. The number of hydrogen-bond acceptors (Lipinski definition) is 1. The smallest absolute Gasteiger partial charge is 0.220 e. The minimum absolute atomic E-state index is 0.0262. The van der Waals surface area contributed by atoms with Gasteiger partial charge in [0.05, 0.1) is 6.04 Å². The normalized spacial score (nSPS) is 12.0.